The predicted molar refractivity (Wildman–Crippen MR) is 91.3 cm³/mol. The molecule has 2 aliphatic heterocycles. The van der Waals surface area contributed by atoms with Crippen LogP contribution in [0.3, 0.4) is 0 Å². The molecule has 0 aromatic carbocycles. The Morgan fingerprint density at radius 3 is 2.71 bits per heavy atom. The van der Waals surface area contributed by atoms with Crippen molar-refractivity contribution in [2.24, 2.45) is 0 Å². The fourth-order valence-electron chi connectivity index (χ4n) is 3.34. The number of likely N-dealkylation sites (N-methyl/N-ethyl adjacent to an activating group) is 1. The molecule has 0 aliphatic carbocycles. The Labute approximate surface area is 142 Å². The van der Waals surface area contributed by atoms with Crippen molar-refractivity contribution in [3.63, 3.8) is 0 Å². The maximum absolute atomic E-state index is 12.4. The van der Waals surface area contributed by atoms with Gasteiger partial charge in [0.1, 0.15) is 5.69 Å². The number of aromatic amines is 1. The van der Waals surface area contributed by atoms with Gasteiger partial charge in [-0.1, -0.05) is 13.0 Å². The van der Waals surface area contributed by atoms with Crippen LogP contribution < -0.4 is 5.56 Å². The number of pyridine rings is 1. The van der Waals surface area contributed by atoms with E-state index >= 15 is 0 Å². The van der Waals surface area contributed by atoms with E-state index in [0.717, 1.165) is 45.9 Å². The van der Waals surface area contributed by atoms with E-state index in [1.54, 1.807) is 12.1 Å². The number of hydrogen-bond donors (Lipinski definition) is 1. The van der Waals surface area contributed by atoms with Crippen LogP contribution in [0.1, 0.15) is 17.4 Å². The van der Waals surface area contributed by atoms with Crippen molar-refractivity contribution < 1.29 is 9.53 Å². The Kier molecular flexibility index (Phi) is 5.65. The van der Waals surface area contributed by atoms with Crippen LogP contribution >= 0.6 is 0 Å². The maximum Gasteiger partial charge on any atom is 0.270 e. The second-order valence-electron chi connectivity index (χ2n) is 6.41. The molecule has 1 aromatic rings. The molecular formula is C17H26N4O3. The monoisotopic (exact) mass is 334 g/mol. The smallest absolute Gasteiger partial charge is 0.270 e. The van der Waals surface area contributed by atoms with Crippen LogP contribution in [0.25, 0.3) is 0 Å². The Balaban J connectivity index is 1.49. The summed E-state index contributed by atoms with van der Waals surface area (Å²) in [5.74, 6) is -0.0987. The normalized spacial score (nSPS) is 23.4. The van der Waals surface area contributed by atoms with Crippen molar-refractivity contribution in [1.82, 2.24) is 19.7 Å². The minimum absolute atomic E-state index is 0.0987. The molecule has 1 unspecified atom stereocenters. The zero-order valence-corrected chi connectivity index (χ0v) is 14.2. The molecule has 3 heterocycles. The SMILES string of the molecule is CCN1CCOC(CN2CCN(C(=O)c3cccc(=O)[nH]3)CC2)C1. The van der Waals surface area contributed by atoms with Crippen LogP contribution in [-0.2, 0) is 4.74 Å². The van der Waals surface area contributed by atoms with E-state index in [1.165, 1.54) is 6.07 Å². The first kappa shape index (κ1) is 17.1. The zero-order valence-electron chi connectivity index (χ0n) is 14.2. The summed E-state index contributed by atoms with van der Waals surface area (Å²) in [6, 6.07) is 4.69. The van der Waals surface area contributed by atoms with Crippen LogP contribution in [0.4, 0.5) is 0 Å². The summed E-state index contributed by atoms with van der Waals surface area (Å²) in [5, 5.41) is 0. The number of hydrogen-bond acceptors (Lipinski definition) is 5. The van der Waals surface area contributed by atoms with Crippen molar-refractivity contribution in [3.8, 4) is 0 Å². The van der Waals surface area contributed by atoms with Crippen LogP contribution in [0.2, 0.25) is 0 Å². The fraction of sp³-hybridized carbons (Fsp3) is 0.647. The molecule has 2 aliphatic rings. The number of carbonyl (C=O) groups is 1. The number of nitrogens with one attached hydrogen (secondary N) is 1. The molecule has 7 nitrogen and oxygen atoms in total. The average Bonchev–Trinajstić information content (AvgIpc) is 2.62. The summed E-state index contributed by atoms with van der Waals surface area (Å²) in [4.78, 5) is 33.0. The highest BCUT2D eigenvalue weighted by molar-refractivity contribution is 5.92. The van der Waals surface area contributed by atoms with Gasteiger partial charge in [-0.3, -0.25) is 19.4 Å². The summed E-state index contributed by atoms with van der Waals surface area (Å²) in [6.45, 7) is 10.0. The molecule has 2 fully saturated rings. The molecule has 0 saturated carbocycles. The first-order valence-electron chi connectivity index (χ1n) is 8.70. The molecule has 0 bridgehead atoms. The lowest BCUT2D eigenvalue weighted by Crippen LogP contribution is -2.53. The van der Waals surface area contributed by atoms with E-state index in [0.29, 0.717) is 18.8 Å². The summed E-state index contributed by atoms with van der Waals surface area (Å²) in [5.41, 5.74) is 0.125. The second-order valence-corrected chi connectivity index (χ2v) is 6.41. The van der Waals surface area contributed by atoms with Gasteiger partial charge >= 0.3 is 0 Å². The lowest BCUT2D eigenvalue weighted by molar-refractivity contribution is -0.0458. The van der Waals surface area contributed by atoms with E-state index in [1.807, 2.05) is 4.90 Å². The third kappa shape index (κ3) is 4.23. The van der Waals surface area contributed by atoms with Crippen molar-refractivity contribution in [2.45, 2.75) is 13.0 Å². The Hall–Kier alpha value is -1.70. The number of rotatable bonds is 4. The van der Waals surface area contributed by atoms with Gasteiger partial charge in [0.2, 0.25) is 5.56 Å². The number of aromatic nitrogens is 1. The molecule has 1 N–H and O–H groups in total. The zero-order chi connectivity index (χ0) is 16.9. The topological polar surface area (TPSA) is 68.9 Å². The van der Waals surface area contributed by atoms with Crippen LogP contribution in [0.15, 0.2) is 23.0 Å². The molecular weight excluding hydrogens is 308 g/mol. The van der Waals surface area contributed by atoms with Gasteiger partial charge in [0.05, 0.1) is 12.7 Å². The van der Waals surface area contributed by atoms with Gasteiger partial charge in [-0.2, -0.15) is 0 Å². The van der Waals surface area contributed by atoms with E-state index in [2.05, 4.69) is 21.7 Å². The molecule has 2 saturated heterocycles. The van der Waals surface area contributed by atoms with Crippen LogP contribution in [0, 0.1) is 0 Å². The molecule has 24 heavy (non-hydrogen) atoms. The number of amides is 1. The number of piperazine rings is 1. The highest BCUT2D eigenvalue weighted by Crippen LogP contribution is 2.10. The summed E-state index contributed by atoms with van der Waals surface area (Å²) in [7, 11) is 0. The Bertz CT molecular complexity index is 610. The van der Waals surface area contributed by atoms with E-state index in [-0.39, 0.29) is 17.6 Å². The molecule has 7 heteroatoms. The summed E-state index contributed by atoms with van der Waals surface area (Å²) in [6.07, 6.45) is 0.256. The number of nitrogens with zero attached hydrogens (tertiary/aromatic N) is 3. The average molecular weight is 334 g/mol. The Morgan fingerprint density at radius 1 is 1.21 bits per heavy atom. The number of morpholine rings is 1. The molecule has 3 rings (SSSR count). The van der Waals surface area contributed by atoms with E-state index in [9.17, 15) is 9.59 Å². The molecule has 0 spiro atoms. The van der Waals surface area contributed by atoms with E-state index in [4.69, 9.17) is 4.74 Å². The minimum Gasteiger partial charge on any atom is -0.374 e. The van der Waals surface area contributed by atoms with Gasteiger partial charge < -0.3 is 14.6 Å². The first-order valence-corrected chi connectivity index (χ1v) is 8.70. The van der Waals surface area contributed by atoms with Gasteiger partial charge in [0, 0.05) is 51.9 Å². The standard InChI is InChI=1S/C17H26N4O3/c1-2-19-10-11-24-14(12-19)13-20-6-8-21(9-7-20)17(23)15-4-3-5-16(22)18-15/h3-5,14H,2,6-13H2,1H3,(H,18,22). The highest BCUT2D eigenvalue weighted by Gasteiger charge is 2.26. The molecule has 132 valence electrons. The van der Waals surface area contributed by atoms with Crippen molar-refractivity contribution >= 4 is 5.91 Å². The van der Waals surface area contributed by atoms with Crippen LogP contribution in [-0.4, -0.2) is 90.7 Å². The maximum atomic E-state index is 12.4. The summed E-state index contributed by atoms with van der Waals surface area (Å²) >= 11 is 0. The van der Waals surface area contributed by atoms with Crippen molar-refractivity contribution in [2.75, 3.05) is 59.0 Å². The quantitative estimate of drug-likeness (QED) is 0.830. The number of carbonyl (C=O) groups excluding carboxylic acids is 1. The van der Waals surface area contributed by atoms with Crippen molar-refractivity contribution in [1.29, 1.82) is 0 Å². The van der Waals surface area contributed by atoms with Gasteiger partial charge in [-0.25, -0.2) is 0 Å². The second kappa shape index (κ2) is 7.92. The predicted octanol–water partition coefficient (Wildman–Crippen LogP) is -0.147. The van der Waals surface area contributed by atoms with Gasteiger partial charge in [-0.05, 0) is 12.6 Å². The van der Waals surface area contributed by atoms with Gasteiger partial charge in [0.25, 0.3) is 5.91 Å². The van der Waals surface area contributed by atoms with Crippen molar-refractivity contribution in [3.05, 3.63) is 34.2 Å². The first-order chi connectivity index (χ1) is 11.7. The molecule has 1 amide bonds. The third-order valence-corrected chi connectivity index (χ3v) is 4.79. The van der Waals surface area contributed by atoms with Crippen LogP contribution in [0.5, 0.6) is 0 Å². The fourth-order valence-corrected chi connectivity index (χ4v) is 3.34. The molecule has 0 radical (unpaired) electrons. The Morgan fingerprint density at radius 2 is 2.00 bits per heavy atom. The number of H-pyrrole nitrogens is 1. The molecule has 1 atom stereocenters. The van der Waals surface area contributed by atoms with Gasteiger partial charge in [0.15, 0.2) is 0 Å². The van der Waals surface area contributed by atoms with E-state index < -0.39 is 0 Å². The molecule has 1 aromatic heterocycles. The van der Waals surface area contributed by atoms with Gasteiger partial charge in [-0.15, -0.1) is 0 Å². The highest BCUT2D eigenvalue weighted by atomic mass is 16.5. The largest absolute Gasteiger partial charge is 0.374 e. The third-order valence-electron chi connectivity index (χ3n) is 4.79. The summed E-state index contributed by atoms with van der Waals surface area (Å²) < 4.78 is 5.87. The lowest BCUT2D eigenvalue weighted by Gasteiger charge is -2.39. The number of ether oxygens (including phenoxy) is 1. The minimum atomic E-state index is -0.241. The lowest BCUT2D eigenvalue weighted by atomic mass is 10.2.